The number of para-hydroxylation sites is 1. The van der Waals surface area contributed by atoms with Gasteiger partial charge in [0.25, 0.3) is 11.8 Å². The predicted molar refractivity (Wildman–Crippen MR) is 127 cm³/mol. The molecule has 0 aromatic heterocycles. The van der Waals surface area contributed by atoms with Crippen molar-refractivity contribution in [2.45, 2.75) is 0 Å². The lowest BCUT2D eigenvalue weighted by atomic mass is 10.1. The molecule has 3 aromatic rings. The molecule has 0 heterocycles. The van der Waals surface area contributed by atoms with Crippen LogP contribution < -0.4 is 15.6 Å². The van der Waals surface area contributed by atoms with Gasteiger partial charge < -0.3 is 10.2 Å². The molecule has 0 bridgehead atoms. The molecule has 0 aliphatic carbocycles. The highest BCUT2D eigenvalue weighted by Crippen LogP contribution is 2.21. The third kappa shape index (κ3) is 5.84. The monoisotopic (exact) mass is 454 g/mol. The summed E-state index contributed by atoms with van der Waals surface area (Å²) < 4.78 is 0. The molecule has 6 nitrogen and oxygen atoms in total. The fourth-order valence-corrected chi connectivity index (χ4v) is 3.06. The maximum Gasteiger partial charge on any atom is 0.273 e. The minimum atomic E-state index is -0.468. The molecule has 31 heavy (non-hydrogen) atoms. The fraction of sp³-hybridized carbons (Fsp3) is 0.0870. The second-order valence-electron chi connectivity index (χ2n) is 6.81. The topological polar surface area (TPSA) is 73.8 Å². The summed E-state index contributed by atoms with van der Waals surface area (Å²) in [6.45, 7) is 0. The number of hydrogen-bond acceptors (Lipinski definition) is 4. The Bertz CT molecular complexity index is 1130. The van der Waals surface area contributed by atoms with E-state index in [4.69, 9.17) is 23.2 Å². The van der Waals surface area contributed by atoms with Gasteiger partial charge in [-0.1, -0.05) is 35.3 Å². The number of nitrogens with zero attached hydrogens (tertiary/aromatic N) is 2. The lowest BCUT2D eigenvalue weighted by molar-refractivity contribution is 0.0956. The van der Waals surface area contributed by atoms with Crippen LogP contribution in [0.25, 0.3) is 0 Å². The van der Waals surface area contributed by atoms with Crippen molar-refractivity contribution in [3.05, 3.63) is 93.5 Å². The molecule has 0 spiro atoms. The number of hydrazone groups is 1. The number of carbonyl (C=O) groups is 2. The van der Waals surface area contributed by atoms with Crippen molar-refractivity contribution in [3.63, 3.8) is 0 Å². The van der Waals surface area contributed by atoms with E-state index in [1.807, 2.05) is 37.2 Å². The van der Waals surface area contributed by atoms with Gasteiger partial charge in [-0.3, -0.25) is 9.59 Å². The van der Waals surface area contributed by atoms with E-state index in [1.165, 1.54) is 6.21 Å². The Balaban J connectivity index is 1.70. The number of hydrogen-bond donors (Lipinski definition) is 2. The van der Waals surface area contributed by atoms with Gasteiger partial charge in [0.05, 0.1) is 22.5 Å². The number of benzene rings is 3. The molecular formula is C23H20Cl2N4O2. The zero-order valence-electron chi connectivity index (χ0n) is 16.9. The van der Waals surface area contributed by atoms with Crippen LogP contribution in [0.3, 0.4) is 0 Å². The van der Waals surface area contributed by atoms with Gasteiger partial charge in [-0.15, -0.1) is 0 Å². The van der Waals surface area contributed by atoms with Crippen molar-refractivity contribution in [1.29, 1.82) is 0 Å². The quantitative estimate of drug-likeness (QED) is 0.403. The van der Waals surface area contributed by atoms with E-state index in [0.29, 0.717) is 26.9 Å². The molecule has 3 aromatic carbocycles. The summed E-state index contributed by atoms with van der Waals surface area (Å²) in [6, 6.07) is 18.7. The number of halogens is 2. The standard InChI is InChI=1S/C23H20Cl2N4O2/c1-29(2)18-12-9-16(20(25)13-18)14-26-28-23(31)19-5-3-4-6-21(19)27-22(30)15-7-10-17(24)11-8-15/h3-14H,1-2H3,(H,27,30)(H,28,31). The van der Waals surface area contributed by atoms with Crippen LogP contribution in [0, 0.1) is 0 Å². The molecule has 0 aliphatic heterocycles. The molecule has 0 aliphatic rings. The van der Waals surface area contributed by atoms with E-state index in [-0.39, 0.29) is 11.5 Å². The summed E-state index contributed by atoms with van der Waals surface area (Å²) in [6.07, 6.45) is 1.47. The summed E-state index contributed by atoms with van der Waals surface area (Å²) in [5.74, 6) is -0.822. The van der Waals surface area contributed by atoms with Crippen LogP contribution in [0.5, 0.6) is 0 Å². The summed E-state index contributed by atoms with van der Waals surface area (Å²) in [5.41, 5.74) is 5.15. The molecule has 8 heteroatoms. The van der Waals surface area contributed by atoms with Crippen molar-refractivity contribution in [3.8, 4) is 0 Å². The van der Waals surface area contributed by atoms with Crippen LogP contribution in [0.4, 0.5) is 11.4 Å². The second-order valence-corrected chi connectivity index (χ2v) is 7.65. The smallest absolute Gasteiger partial charge is 0.273 e. The van der Waals surface area contributed by atoms with Gasteiger partial charge in [0.2, 0.25) is 0 Å². The van der Waals surface area contributed by atoms with Gasteiger partial charge >= 0.3 is 0 Å². The molecule has 3 rings (SSSR count). The van der Waals surface area contributed by atoms with Crippen LogP contribution in [0.2, 0.25) is 10.0 Å². The zero-order valence-corrected chi connectivity index (χ0v) is 18.4. The Kier molecular flexibility index (Phi) is 7.28. The summed E-state index contributed by atoms with van der Waals surface area (Å²) in [7, 11) is 3.84. The first-order valence-electron chi connectivity index (χ1n) is 9.31. The molecule has 2 amide bonds. The Labute approximate surface area is 190 Å². The number of anilines is 2. The molecule has 0 saturated carbocycles. The number of carbonyl (C=O) groups excluding carboxylic acids is 2. The Hall–Kier alpha value is -3.35. The first kappa shape index (κ1) is 22.3. The first-order valence-corrected chi connectivity index (χ1v) is 10.1. The highest BCUT2D eigenvalue weighted by atomic mass is 35.5. The zero-order chi connectivity index (χ0) is 22.4. The van der Waals surface area contributed by atoms with Crippen LogP contribution in [0.15, 0.2) is 71.8 Å². The number of rotatable bonds is 6. The van der Waals surface area contributed by atoms with Gasteiger partial charge in [0.1, 0.15) is 0 Å². The molecule has 0 saturated heterocycles. The summed E-state index contributed by atoms with van der Waals surface area (Å²) in [4.78, 5) is 27.0. The van der Waals surface area contributed by atoms with Crippen LogP contribution >= 0.6 is 23.2 Å². The number of nitrogens with one attached hydrogen (secondary N) is 2. The maximum absolute atomic E-state index is 12.6. The molecule has 0 radical (unpaired) electrons. The molecule has 0 unspecified atom stereocenters. The maximum atomic E-state index is 12.6. The van der Waals surface area contributed by atoms with Gasteiger partial charge in [-0.25, -0.2) is 5.43 Å². The lowest BCUT2D eigenvalue weighted by Crippen LogP contribution is -2.21. The van der Waals surface area contributed by atoms with Crippen LogP contribution in [0.1, 0.15) is 26.3 Å². The highest BCUT2D eigenvalue weighted by Gasteiger charge is 2.14. The minimum absolute atomic E-state index is 0.274. The van der Waals surface area contributed by atoms with Crippen molar-refractivity contribution < 1.29 is 9.59 Å². The van der Waals surface area contributed by atoms with Crippen molar-refractivity contribution in [2.75, 3.05) is 24.3 Å². The normalized spacial score (nSPS) is 10.7. The molecule has 158 valence electrons. The molecule has 2 N–H and O–H groups in total. The molecule has 0 atom stereocenters. The minimum Gasteiger partial charge on any atom is -0.378 e. The highest BCUT2D eigenvalue weighted by molar-refractivity contribution is 6.33. The van der Waals surface area contributed by atoms with Gasteiger partial charge in [-0.2, -0.15) is 5.10 Å². The van der Waals surface area contributed by atoms with E-state index in [1.54, 1.807) is 48.5 Å². The third-order valence-electron chi connectivity index (χ3n) is 4.40. The first-order chi connectivity index (χ1) is 14.8. The average Bonchev–Trinajstić information content (AvgIpc) is 2.75. The largest absolute Gasteiger partial charge is 0.378 e. The fourth-order valence-electron chi connectivity index (χ4n) is 2.71. The summed E-state index contributed by atoms with van der Waals surface area (Å²) in [5, 5.41) is 7.78. The van der Waals surface area contributed by atoms with Crippen molar-refractivity contribution in [1.82, 2.24) is 5.43 Å². The lowest BCUT2D eigenvalue weighted by Gasteiger charge is -2.13. The Morgan fingerprint density at radius 3 is 2.32 bits per heavy atom. The van der Waals surface area contributed by atoms with E-state index >= 15 is 0 Å². The van der Waals surface area contributed by atoms with E-state index < -0.39 is 5.91 Å². The van der Waals surface area contributed by atoms with Gasteiger partial charge in [-0.05, 0) is 54.6 Å². The van der Waals surface area contributed by atoms with Crippen molar-refractivity contribution >= 4 is 52.6 Å². The second kappa shape index (κ2) is 10.1. The third-order valence-corrected chi connectivity index (χ3v) is 4.98. The van der Waals surface area contributed by atoms with E-state index in [9.17, 15) is 9.59 Å². The SMILES string of the molecule is CN(C)c1ccc(C=NNC(=O)c2ccccc2NC(=O)c2ccc(Cl)cc2)c(Cl)c1. The van der Waals surface area contributed by atoms with Crippen molar-refractivity contribution in [2.24, 2.45) is 5.10 Å². The summed E-state index contributed by atoms with van der Waals surface area (Å²) >= 11 is 12.1. The van der Waals surface area contributed by atoms with Crippen LogP contribution in [-0.4, -0.2) is 32.1 Å². The average molecular weight is 455 g/mol. The molecular weight excluding hydrogens is 435 g/mol. The van der Waals surface area contributed by atoms with Crippen LogP contribution in [-0.2, 0) is 0 Å². The van der Waals surface area contributed by atoms with E-state index in [0.717, 1.165) is 5.69 Å². The Morgan fingerprint density at radius 2 is 1.65 bits per heavy atom. The van der Waals surface area contributed by atoms with Gasteiger partial charge in [0, 0.05) is 35.9 Å². The Morgan fingerprint density at radius 1 is 0.935 bits per heavy atom. The number of amides is 2. The predicted octanol–water partition coefficient (Wildman–Crippen LogP) is 5.08. The van der Waals surface area contributed by atoms with E-state index in [2.05, 4.69) is 15.8 Å². The molecule has 0 fully saturated rings. The van der Waals surface area contributed by atoms with Gasteiger partial charge in [0.15, 0.2) is 0 Å².